The lowest BCUT2D eigenvalue weighted by atomic mass is 10.6. The molecule has 0 aliphatic carbocycles. The average molecular weight is 222 g/mol. The lowest BCUT2D eigenvalue weighted by molar-refractivity contribution is -0.157. The van der Waals surface area contributed by atoms with Crippen LogP contribution >= 0.6 is 0 Å². The van der Waals surface area contributed by atoms with Crippen LogP contribution in [0.2, 0.25) is 0 Å². The number of rotatable bonds is 2. The number of furan rings is 2. The number of carbonyl (C=O) groups is 2. The van der Waals surface area contributed by atoms with E-state index in [2.05, 4.69) is 9.47 Å². The highest BCUT2D eigenvalue weighted by Gasteiger charge is 2.21. The zero-order chi connectivity index (χ0) is 11.4. The first-order valence-corrected chi connectivity index (χ1v) is 4.27. The molecule has 0 saturated heterocycles. The first-order chi connectivity index (χ1) is 7.75. The normalized spacial score (nSPS) is 9.75. The fourth-order valence-electron chi connectivity index (χ4n) is 0.909. The summed E-state index contributed by atoms with van der Waals surface area (Å²) in [6.07, 6.45) is 2.61. The summed E-state index contributed by atoms with van der Waals surface area (Å²) < 4.78 is 18.5. The molecule has 0 fully saturated rings. The SMILES string of the molecule is O=C(Oc1ccco1)C(=O)Oc1ccco1. The van der Waals surface area contributed by atoms with Crippen LogP contribution in [0.1, 0.15) is 0 Å². The molecule has 16 heavy (non-hydrogen) atoms. The first kappa shape index (κ1) is 10.0. The highest BCUT2D eigenvalue weighted by molar-refractivity contribution is 6.30. The maximum Gasteiger partial charge on any atom is 0.425 e. The molecule has 0 bridgehead atoms. The summed E-state index contributed by atoms with van der Waals surface area (Å²) in [4.78, 5) is 22.3. The zero-order valence-corrected chi connectivity index (χ0v) is 7.91. The van der Waals surface area contributed by atoms with Gasteiger partial charge in [-0.3, -0.25) is 0 Å². The fourth-order valence-corrected chi connectivity index (χ4v) is 0.909. The van der Waals surface area contributed by atoms with Gasteiger partial charge in [-0.2, -0.15) is 0 Å². The Hall–Kier alpha value is -2.50. The zero-order valence-electron chi connectivity index (χ0n) is 7.91. The van der Waals surface area contributed by atoms with Crippen molar-refractivity contribution in [1.29, 1.82) is 0 Å². The lowest BCUT2D eigenvalue weighted by Gasteiger charge is -1.99. The summed E-state index contributed by atoms with van der Waals surface area (Å²) in [6, 6.07) is 5.80. The van der Waals surface area contributed by atoms with Crippen molar-refractivity contribution in [3.05, 3.63) is 36.8 Å². The van der Waals surface area contributed by atoms with Gasteiger partial charge >= 0.3 is 11.9 Å². The standard InChI is InChI=1S/C10H6O6/c11-9(15-7-3-1-5-13-7)10(12)16-8-4-2-6-14-8/h1-6H. The van der Waals surface area contributed by atoms with E-state index in [1.165, 1.54) is 36.8 Å². The molecule has 2 rings (SSSR count). The van der Waals surface area contributed by atoms with Crippen molar-refractivity contribution in [3.63, 3.8) is 0 Å². The van der Waals surface area contributed by atoms with Crippen LogP contribution in [0.15, 0.2) is 45.6 Å². The largest absolute Gasteiger partial charge is 0.434 e. The summed E-state index contributed by atoms with van der Waals surface area (Å²) in [5, 5.41) is 0. The molecule has 0 atom stereocenters. The Labute approximate surface area is 89.4 Å². The molecule has 0 radical (unpaired) electrons. The second kappa shape index (κ2) is 4.35. The van der Waals surface area contributed by atoms with E-state index in [4.69, 9.17) is 8.83 Å². The van der Waals surface area contributed by atoms with Gasteiger partial charge in [-0.05, 0) is 12.1 Å². The van der Waals surface area contributed by atoms with E-state index < -0.39 is 11.9 Å². The Morgan fingerprint density at radius 3 is 1.62 bits per heavy atom. The number of ether oxygens (including phenoxy) is 2. The molecule has 0 unspecified atom stereocenters. The van der Waals surface area contributed by atoms with Crippen molar-refractivity contribution in [2.24, 2.45) is 0 Å². The van der Waals surface area contributed by atoms with Crippen molar-refractivity contribution < 1.29 is 27.9 Å². The Morgan fingerprint density at radius 1 is 0.875 bits per heavy atom. The second-order valence-corrected chi connectivity index (χ2v) is 2.64. The molecular weight excluding hydrogens is 216 g/mol. The van der Waals surface area contributed by atoms with Gasteiger partial charge in [-0.15, -0.1) is 0 Å². The lowest BCUT2D eigenvalue weighted by Crippen LogP contribution is -2.25. The molecule has 0 aliphatic heterocycles. The minimum atomic E-state index is -1.19. The second-order valence-electron chi connectivity index (χ2n) is 2.64. The van der Waals surface area contributed by atoms with Gasteiger partial charge < -0.3 is 18.3 Å². The molecule has 6 nitrogen and oxygen atoms in total. The van der Waals surface area contributed by atoms with Gasteiger partial charge in [-0.1, -0.05) is 0 Å². The third kappa shape index (κ3) is 2.30. The van der Waals surface area contributed by atoms with E-state index in [1.54, 1.807) is 0 Å². The topological polar surface area (TPSA) is 78.9 Å². The number of carbonyl (C=O) groups excluding carboxylic acids is 2. The highest BCUT2D eigenvalue weighted by Crippen LogP contribution is 2.12. The molecule has 0 aromatic carbocycles. The van der Waals surface area contributed by atoms with Crippen LogP contribution in [0.4, 0.5) is 0 Å². The number of esters is 2. The minimum absolute atomic E-state index is 0.0820. The summed E-state index contributed by atoms with van der Waals surface area (Å²) in [7, 11) is 0. The molecule has 2 aromatic rings. The van der Waals surface area contributed by atoms with Crippen LogP contribution in [0, 0.1) is 0 Å². The van der Waals surface area contributed by atoms with Crippen molar-refractivity contribution in [2.45, 2.75) is 0 Å². The predicted molar refractivity (Wildman–Crippen MR) is 48.7 cm³/mol. The summed E-state index contributed by atoms with van der Waals surface area (Å²) in [6.45, 7) is 0. The van der Waals surface area contributed by atoms with Crippen LogP contribution in [-0.2, 0) is 9.59 Å². The quantitative estimate of drug-likeness (QED) is 0.564. The van der Waals surface area contributed by atoms with Crippen LogP contribution in [-0.4, -0.2) is 11.9 Å². The van der Waals surface area contributed by atoms with Gasteiger partial charge in [0.1, 0.15) is 0 Å². The molecule has 6 heteroatoms. The average Bonchev–Trinajstić information content (AvgIpc) is 2.90. The maximum atomic E-state index is 11.1. The van der Waals surface area contributed by atoms with E-state index in [0.717, 1.165) is 0 Å². The Kier molecular flexibility index (Phi) is 2.73. The number of hydrogen-bond acceptors (Lipinski definition) is 6. The van der Waals surface area contributed by atoms with E-state index in [9.17, 15) is 9.59 Å². The molecule has 0 aliphatic rings. The molecule has 2 heterocycles. The summed E-state index contributed by atoms with van der Waals surface area (Å²) >= 11 is 0. The van der Waals surface area contributed by atoms with E-state index in [0.29, 0.717) is 0 Å². The smallest absolute Gasteiger partial charge is 0.425 e. The highest BCUT2D eigenvalue weighted by atomic mass is 16.7. The Balaban J connectivity index is 1.92. The van der Waals surface area contributed by atoms with Crippen LogP contribution in [0.25, 0.3) is 0 Å². The molecule has 0 saturated carbocycles. The first-order valence-electron chi connectivity index (χ1n) is 4.27. The molecule has 0 N–H and O–H groups in total. The summed E-state index contributed by atoms with van der Waals surface area (Å²) in [5.74, 6) is -2.54. The summed E-state index contributed by atoms with van der Waals surface area (Å²) in [5.41, 5.74) is 0. The van der Waals surface area contributed by atoms with Gasteiger partial charge in [0.15, 0.2) is 0 Å². The maximum absolute atomic E-state index is 11.1. The third-order valence-corrected chi connectivity index (χ3v) is 1.54. The molecular formula is C10H6O6. The molecule has 2 aromatic heterocycles. The van der Waals surface area contributed by atoms with Crippen LogP contribution in [0.3, 0.4) is 0 Å². The monoisotopic (exact) mass is 222 g/mol. The molecule has 0 amide bonds. The Morgan fingerprint density at radius 2 is 1.31 bits per heavy atom. The Bertz CT molecular complexity index is 421. The fraction of sp³-hybridized carbons (Fsp3) is 0. The predicted octanol–water partition coefficient (Wildman–Crippen LogP) is 1.38. The third-order valence-electron chi connectivity index (χ3n) is 1.54. The minimum Gasteiger partial charge on any atom is -0.434 e. The van der Waals surface area contributed by atoms with Gasteiger partial charge in [0.25, 0.3) is 11.9 Å². The van der Waals surface area contributed by atoms with Crippen LogP contribution in [0.5, 0.6) is 11.9 Å². The van der Waals surface area contributed by atoms with Gasteiger partial charge in [0.05, 0.1) is 12.5 Å². The van der Waals surface area contributed by atoms with E-state index >= 15 is 0 Å². The van der Waals surface area contributed by atoms with Crippen molar-refractivity contribution in [3.8, 4) is 11.9 Å². The molecule has 0 spiro atoms. The van der Waals surface area contributed by atoms with Gasteiger partial charge in [-0.25, -0.2) is 9.59 Å². The van der Waals surface area contributed by atoms with Crippen molar-refractivity contribution in [1.82, 2.24) is 0 Å². The van der Waals surface area contributed by atoms with E-state index in [-0.39, 0.29) is 11.9 Å². The van der Waals surface area contributed by atoms with Crippen LogP contribution < -0.4 is 9.47 Å². The van der Waals surface area contributed by atoms with E-state index in [1.807, 2.05) is 0 Å². The van der Waals surface area contributed by atoms with Crippen molar-refractivity contribution >= 4 is 11.9 Å². The van der Waals surface area contributed by atoms with Crippen molar-refractivity contribution in [2.75, 3.05) is 0 Å². The molecule has 82 valence electrons. The number of hydrogen-bond donors (Lipinski definition) is 0. The van der Waals surface area contributed by atoms with Gasteiger partial charge in [0.2, 0.25) is 0 Å². The van der Waals surface area contributed by atoms with Gasteiger partial charge in [0, 0.05) is 12.1 Å².